The molecule has 0 aliphatic carbocycles. The number of nitro groups is 1. The minimum absolute atomic E-state index is 0.0751. The van der Waals surface area contributed by atoms with Crippen LogP contribution in [0.1, 0.15) is 19.0 Å². The lowest BCUT2D eigenvalue weighted by Gasteiger charge is -2.10. The van der Waals surface area contributed by atoms with Gasteiger partial charge in [0.1, 0.15) is 0 Å². The van der Waals surface area contributed by atoms with E-state index in [1.165, 1.54) is 6.07 Å². The number of rotatable bonds is 5. The normalized spacial score (nSPS) is 12.2. The number of aryl methyl sites for hydroxylation is 1. The predicted octanol–water partition coefficient (Wildman–Crippen LogP) is 1.48. The summed E-state index contributed by atoms with van der Waals surface area (Å²) in [6, 6.07) is 2.99. The van der Waals surface area contributed by atoms with Crippen molar-refractivity contribution in [3.63, 3.8) is 0 Å². The highest BCUT2D eigenvalue weighted by molar-refractivity contribution is 5.56. The van der Waals surface area contributed by atoms with Crippen molar-refractivity contribution >= 4 is 11.5 Å². The SMILES string of the molecule is CCC(O)CNc1nc(C)ccc1[N+](=O)[O-]. The van der Waals surface area contributed by atoms with Gasteiger partial charge >= 0.3 is 5.69 Å². The van der Waals surface area contributed by atoms with Crippen molar-refractivity contribution < 1.29 is 10.0 Å². The monoisotopic (exact) mass is 225 g/mol. The molecule has 6 heteroatoms. The first-order valence-electron chi connectivity index (χ1n) is 5.08. The van der Waals surface area contributed by atoms with Crippen molar-refractivity contribution in [1.29, 1.82) is 0 Å². The topological polar surface area (TPSA) is 88.3 Å². The first kappa shape index (κ1) is 12.4. The van der Waals surface area contributed by atoms with Crippen LogP contribution in [0.3, 0.4) is 0 Å². The van der Waals surface area contributed by atoms with Crippen LogP contribution >= 0.6 is 0 Å². The average molecular weight is 225 g/mol. The Morgan fingerprint density at radius 1 is 1.62 bits per heavy atom. The van der Waals surface area contributed by atoms with Gasteiger partial charge in [0, 0.05) is 18.3 Å². The Kier molecular flexibility index (Phi) is 4.19. The molecule has 0 aliphatic rings. The zero-order valence-corrected chi connectivity index (χ0v) is 9.30. The van der Waals surface area contributed by atoms with E-state index in [1.807, 2.05) is 6.92 Å². The van der Waals surface area contributed by atoms with Crippen LogP contribution < -0.4 is 5.32 Å². The average Bonchev–Trinajstić information content (AvgIpc) is 2.25. The Hall–Kier alpha value is -1.69. The number of aliphatic hydroxyl groups excluding tert-OH is 1. The molecule has 0 radical (unpaired) electrons. The summed E-state index contributed by atoms with van der Waals surface area (Å²) in [7, 11) is 0. The molecule has 2 N–H and O–H groups in total. The number of aliphatic hydroxyl groups is 1. The minimum Gasteiger partial charge on any atom is -0.391 e. The molecule has 0 bridgehead atoms. The number of nitrogens with one attached hydrogen (secondary N) is 1. The lowest BCUT2D eigenvalue weighted by molar-refractivity contribution is -0.384. The molecule has 88 valence electrons. The van der Waals surface area contributed by atoms with Crippen LogP contribution in [-0.4, -0.2) is 27.7 Å². The fourth-order valence-electron chi connectivity index (χ4n) is 1.19. The van der Waals surface area contributed by atoms with Gasteiger partial charge in [-0.3, -0.25) is 10.1 Å². The van der Waals surface area contributed by atoms with Gasteiger partial charge in [-0.15, -0.1) is 0 Å². The third-order valence-electron chi connectivity index (χ3n) is 2.19. The highest BCUT2D eigenvalue weighted by Gasteiger charge is 2.15. The maximum absolute atomic E-state index is 10.7. The molecule has 0 saturated carbocycles. The van der Waals surface area contributed by atoms with Crippen molar-refractivity contribution in [3.8, 4) is 0 Å². The van der Waals surface area contributed by atoms with Crippen molar-refractivity contribution in [2.45, 2.75) is 26.4 Å². The molecule has 0 saturated heterocycles. The summed E-state index contributed by atoms with van der Waals surface area (Å²) in [5.41, 5.74) is 0.619. The number of anilines is 1. The Morgan fingerprint density at radius 2 is 2.31 bits per heavy atom. The van der Waals surface area contributed by atoms with Gasteiger partial charge in [0.15, 0.2) is 0 Å². The van der Waals surface area contributed by atoms with E-state index in [0.717, 1.165) is 0 Å². The van der Waals surface area contributed by atoms with Crippen LogP contribution in [0.15, 0.2) is 12.1 Å². The zero-order valence-electron chi connectivity index (χ0n) is 9.30. The molecule has 0 aliphatic heterocycles. The number of hydrogen-bond donors (Lipinski definition) is 2. The van der Waals surface area contributed by atoms with Crippen LogP contribution in [0.4, 0.5) is 11.5 Å². The van der Waals surface area contributed by atoms with Crippen LogP contribution in [-0.2, 0) is 0 Å². The van der Waals surface area contributed by atoms with E-state index in [9.17, 15) is 15.2 Å². The van der Waals surface area contributed by atoms with E-state index in [4.69, 9.17) is 0 Å². The van der Waals surface area contributed by atoms with Gasteiger partial charge in [0.2, 0.25) is 5.82 Å². The summed E-state index contributed by atoms with van der Waals surface area (Å²) < 4.78 is 0. The van der Waals surface area contributed by atoms with Gasteiger partial charge in [0.05, 0.1) is 11.0 Å². The van der Waals surface area contributed by atoms with Gasteiger partial charge in [-0.2, -0.15) is 0 Å². The second-order valence-corrected chi connectivity index (χ2v) is 3.52. The molecule has 1 unspecified atom stereocenters. The lowest BCUT2D eigenvalue weighted by atomic mass is 10.2. The second kappa shape index (κ2) is 5.41. The second-order valence-electron chi connectivity index (χ2n) is 3.52. The van der Waals surface area contributed by atoms with Crippen molar-refractivity contribution in [1.82, 2.24) is 4.98 Å². The van der Waals surface area contributed by atoms with E-state index in [-0.39, 0.29) is 18.1 Å². The van der Waals surface area contributed by atoms with E-state index >= 15 is 0 Å². The maximum atomic E-state index is 10.7. The third kappa shape index (κ3) is 3.16. The first-order valence-corrected chi connectivity index (χ1v) is 5.08. The summed E-state index contributed by atoms with van der Waals surface area (Å²) >= 11 is 0. The fraction of sp³-hybridized carbons (Fsp3) is 0.500. The third-order valence-corrected chi connectivity index (χ3v) is 2.19. The fourth-order valence-corrected chi connectivity index (χ4v) is 1.19. The molecule has 0 fully saturated rings. The summed E-state index contributed by atoms with van der Waals surface area (Å²) in [6.07, 6.45) is 0.0639. The molecular formula is C10H15N3O3. The number of aromatic nitrogens is 1. The largest absolute Gasteiger partial charge is 0.391 e. The molecule has 1 aromatic heterocycles. The molecule has 1 atom stereocenters. The van der Waals surface area contributed by atoms with E-state index < -0.39 is 11.0 Å². The molecule has 1 heterocycles. The van der Waals surface area contributed by atoms with Crippen LogP contribution in [0.2, 0.25) is 0 Å². The van der Waals surface area contributed by atoms with Crippen LogP contribution in [0.5, 0.6) is 0 Å². The molecule has 6 nitrogen and oxygen atoms in total. The van der Waals surface area contributed by atoms with Gasteiger partial charge in [-0.1, -0.05) is 6.92 Å². The number of pyridine rings is 1. The highest BCUT2D eigenvalue weighted by atomic mass is 16.6. The van der Waals surface area contributed by atoms with Crippen molar-refractivity contribution in [3.05, 3.63) is 27.9 Å². The molecule has 0 spiro atoms. The van der Waals surface area contributed by atoms with Gasteiger partial charge in [-0.05, 0) is 19.4 Å². The molecule has 1 rings (SSSR count). The quantitative estimate of drug-likeness (QED) is 0.585. The van der Waals surface area contributed by atoms with Gasteiger partial charge in [-0.25, -0.2) is 4.98 Å². The first-order chi connectivity index (χ1) is 7.54. The Bertz CT molecular complexity index is 382. The van der Waals surface area contributed by atoms with E-state index in [0.29, 0.717) is 12.1 Å². The van der Waals surface area contributed by atoms with Crippen molar-refractivity contribution in [2.24, 2.45) is 0 Å². The van der Waals surface area contributed by atoms with E-state index in [2.05, 4.69) is 10.3 Å². The Morgan fingerprint density at radius 3 is 2.88 bits per heavy atom. The molecule has 0 amide bonds. The smallest absolute Gasteiger partial charge is 0.311 e. The molecular weight excluding hydrogens is 210 g/mol. The number of hydrogen-bond acceptors (Lipinski definition) is 5. The summed E-state index contributed by atoms with van der Waals surface area (Å²) in [4.78, 5) is 14.3. The Labute approximate surface area is 93.5 Å². The predicted molar refractivity (Wildman–Crippen MR) is 60.4 cm³/mol. The molecule has 0 aromatic carbocycles. The maximum Gasteiger partial charge on any atom is 0.311 e. The van der Waals surface area contributed by atoms with Crippen molar-refractivity contribution in [2.75, 3.05) is 11.9 Å². The van der Waals surface area contributed by atoms with Crippen LogP contribution in [0, 0.1) is 17.0 Å². The lowest BCUT2D eigenvalue weighted by Crippen LogP contribution is -2.19. The summed E-state index contributed by atoms with van der Waals surface area (Å²) in [5, 5.41) is 22.9. The number of nitrogens with zero attached hydrogens (tertiary/aromatic N) is 2. The van der Waals surface area contributed by atoms with Gasteiger partial charge < -0.3 is 10.4 Å². The summed E-state index contributed by atoms with van der Waals surface area (Å²) in [5.74, 6) is 0.206. The zero-order chi connectivity index (χ0) is 12.1. The molecule has 16 heavy (non-hydrogen) atoms. The van der Waals surface area contributed by atoms with Gasteiger partial charge in [0.25, 0.3) is 0 Å². The molecule has 1 aromatic rings. The van der Waals surface area contributed by atoms with E-state index in [1.54, 1.807) is 13.0 Å². The minimum atomic E-state index is -0.526. The highest BCUT2D eigenvalue weighted by Crippen LogP contribution is 2.21. The summed E-state index contributed by atoms with van der Waals surface area (Å²) in [6.45, 7) is 3.85. The Balaban J connectivity index is 2.84. The standard InChI is InChI=1S/C10H15N3O3/c1-3-8(14)6-11-10-9(13(15)16)5-4-7(2)12-10/h4-5,8,14H,3,6H2,1-2H3,(H,11,12). The van der Waals surface area contributed by atoms with Crippen LogP contribution in [0.25, 0.3) is 0 Å².